The van der Waals surface area contributed by atoms with Crippen molar-refractivity contribution < 1.29 is 29.0 Å². The highest BCUT2D eigenvalue weighted by Gasteiger charge is 2.57. The molecular formula is C23H21BrN2O6S. The van der Waals surface area contributed by atoms with Gasteiger partial charge < -0.3 is 15.2 Å². The lowest BCUT2D eigenvalue weighted by atomic mass is 10.0. The van der Waals surface area contributed by atoms with Gasteiger partial charge in [-0.25, -0.2) is 4.79 Å². The summed E-state index contributed by atoms with van der Waals surface area (Å²) in [5.41, 5.74) is 1.36. The first-order valence-electron chi connectivity index (χ1n) is 9.85. The SMILES string of the molecule is CC(=O)NC1(SC=O)CC(=O)N1C(C(=O)OC(c1ccccc1)c1ccccc1)=C(O)CBr. The number of alkyl halides is 1. The number of nitrogens with one attached hydrogen (secondary N) is 1. The van der Waals surface area contributed by atoms with Crippen LogP contribution >= 0.6 is 27.7 Å². The molecule has 2 N–H and O–H groups in total. The van der Waals surface area contributed by atoms with Crippen LogP contribution in [0.15, 0.2) is 72.1 Å². The lowest BCUT2D eigenvalue weighted by Crippen LogP contribution is -2.70. The number of aliphatic hydroxyl groups excluding tert-OH is 1. The van der Waals surface area contributed by atoms with Crippen molar-refractivity contribution in [1.29, 1.82) is 0 Å². The van der Waals surface area contributed by atoms with Gasteiger partial charge in [-0.2, -0.15) is 0 Å². The molecule has 1 aliphatic rings. The molecule has 2 aromatic rings. The van der Waals surface area contributed by atoms with E-state index in [1.165, 1.54) is 6.92 Å². The summed E-state index contributed by atoms with van der Waals surface area (Å²) in [5, 5.41) is 12.9. The van der Waals surface area contributed by atoms with Crippen LogP contribution in [-0.4, -0.2) is 43.7 Å². The van der Waals surface area contributed by atoms with Crippen LogP contribution in [-0.2, 0) is 23.9 Å². The number of esters is 1. The molecule has 1 fully saturated rings. The van der Waals surface area contributed by atoms with Crippen molar-refractivity contribution >= 4 is 51.1 Å². The van der Waals surface area contributed by atoms with Crippen molar-refractivity contribution in [3.63, 3.8) is 0 Å². The lowest BCUT2D eigenvalue weighted by molar-refractivity contribution is -0.158. The molecule has 8 nitrogen and oxygen atoms in total. The molecule has 1 saturated heterocycles. The zero-order valence-corrected chi connectivity index (χ0v) is 20.0. The Hall–Kier alpha value is -3.11. The number of carbonyl (C=O) groups excluding carboxylic acids is 4. The molecular weight excluding hydrogens is 512 g/mol. The van der Waals surface area contributed by atoms with Crippen molar-refractivity contribution in [2.24, 2.45) is 0 Å². The summed E-state index contributed by atoms with van der Waals surface area (Å²) >= 11 is 3.71. The fourth-order valence-electron chi connectivity index (χ4n) is 3.51. The van der Waals surface area contributed by atoms with E-state index in [2.05, 4.69) is 21.2 Å². The molecule has 10 heteroatoms. The van der Waals surface area contributed by atoms with Gasteiger partial charge in [0.15, 0.2) is 22.4 Å². The molecule has 0 spiro atoms. The summed E-state index contributed by atoms with van der Waals surface area (Å²) in [6.45, 7) is 1.22. The second kappa shape index (κ2) is 10.7. The van der Waals surface area contributed by atoms with Crippen LogP contribution in [0.3, 0.4) is 0 Å². The fraction of sp³-hybridized carbons (Fsp3) is 0.217. The monoisotopic (exact) mass is 532 g/mol. The Morgan fingerprint density at radius 2 is 1.73 bits per heavy atom. The largest absolute Gasteiger partial charge is 0.509 e. The number of hydrogen-bond donors (Lipinski definition) is 2. The van der Waals surface area contributed by atoms with Crippen molar-refractivity contribution in [3.05, 3.63) is 83.2 Å². The topological polar surface area (TPSA) is 113 Å². The smallest absolute Gasteiger partial charge is 0.359 e. The van der Waals surface area contributed by atoms with E-state index in [-0.39, 0.29) is 11.8 Å². The average Bonchev–Trinajstić information content (AvgIpc) is 2.81. The Labute approximate surface area is 203 Å². The number of carbonyl (C=O) groups is 4. The number of rotatable bonds is 9. The molecule has 2 aromatic carbocycles. The Morgan fingerprint density at radius 1 is 1.18 bits per heavy atom. The number of thioether (sulfide) groups is 1. The standard InChI is InChI=1S/C23H21BrN2O6S/c1-15(28)25-23(33-14-27)12-19(30)26(23)20(18(29)13-24)22(31)32-21(16-8-4-2-5-9-16)17-10-6-3-7-11-17/h2-11,14,21,29H,12-13H2,1H3,(H,25,28). The van der Waals surface area contributed by atoms with E-state index in [1.54, 1.807) is 48.5 Å². The highest BCUT2D eigenvalue weighted by molar-refractivity contribution is 9.09. The third kappa shape index (κ3) is 5.28. The van der Waals surface area contributed by atoms with Gasteiger partial charge in [0.1, 0.15) is 5.76 Å². The number of amides is 2. The second-order valence-corrected chi connectivity index (χ2v) is 8.79. The van der Waals surface area contributed by atoms with Gasteiger partial charge in [-0.1, -0.05) is 76.6 Å². The van der Waals surface area contributed by atoms with Crippen LogP contribution in [0.25, 0.3) is 0 Å². The zero-order chi connectivity index (χ0) is 24.0. The van der Waals surface area contributed by atoms with Gasteiger partial charge in [0.05, 0.1) is 11.8 Å². The van der Waals surface area contributed by atoms with Crippen LogP contribution in [0, 0.1) is 0 Å². The van der Waals surface area contributed by atoms with Crippen LogP contribution < -0.4 is 5.32 Å². The number of allylic oxidation sites excluding steroid dienone is 1. The van der Waals surface area contributed by atoms with Gasteiger partial charge in [-0.15, -0.1) is 0 Å². The summed E-state index contributed by atoms with van der Waals surface area (Å²) in [6, 6.07) is 18.0. The second-order valence-electron chi connectivity index (χ2n) is 7.12. The Balaban J connectivity index is 2.02. The van der Waals surface area contributed by atoms with Gasteiger partial charge in [-0.3, -0.25) is 19.3 Å². The van der Waals surface area contributed by atoms with E-state index >= 15 is 0 Å². The van der Waals surface area contributed by atoms with E-state index in [4.69, 9.17) is 4.74 Å². The van der Waals surface area contributed by atoms with E-state index < -0.39 is 40.3 Å². The van der Waals surface area contributed by atoms with Gasteiger partial charge in [0, 0.05) is 6.92 Å². The number of halogens is 1. The molecule has 0 aliphatic carbocycles. The Kier molecular flexibility index (Phi) is 7.93. The number of aliphatic hydroxyl groups is 1. The summed E-state index contributed by atoms with van der Waals surface area (Å²) in [4.78, 5) is 48.4. The minimum atomic E-state index is -1.54. The molecule has 1 aliphatic heterocycles. The minimum absolute atomic E-state index is 0.162. The molecule has 0 saturated carbocycles. The Bertz CT molecular complexity index is 1040. The van der Waals surface area contributed by atoms with Crippen molar-refractivity contribution in [3.8, 4) is 0 Å². The first kappa shape index (κ1) is 24.5. The van der Waals surface area contributed by atoms with Crippen molar-refractivity contribution in [2.45, 2.75) is 24.4 Å². The van der Waals surface area contributed by atoms with Crippen molar-refractivity contribution in [2.75, 3.05) is 5.33 Å². The zero-order valence-electron chi connectivity index (χ0n) is 17.6. The quantitative estimate of drug-likeness (QED) is 0.0966. The summed E-state index contributed by atoms with van der Waals surface area (Å²) in [7, 11) is 0. The van der Waals surface area contributed by atoms with Crippen LogP contribution in [0.5, 0.6) is 0 Å². The van der Waals surface area contributed by atoms with Crippen LogP contribution in [0.1, 0.15) is 30.6 Å². The first-order valence-corrected chi connectivity index (χ1v) is 11.8. The molecule has 1 heterocycles. The predicted molar refractivity (Wildman–Crippen MR) is 127 cm³/mol. The highest BCUT2D eigenvalue weighted by atomic mass is 79.9. The van der Waals surface area contributed by atoms with Gasteiger partial charge >= 0.3 is 5.97 Å². The molecule has 3 rings (SSSR count). The number of hydrogen-bond acceptors (Lipinski definition) is 7. The summed E-state index contributed by atoms with van der Waals surface area (Å²) in [6.07, 6.45) is -1.06. The third-order valence-corrected chi connectivity index (χ3v) is 6.31. The summed E-state index contributed by atoms with van der Waals surface area (Å²) < 4.78 is 5.81. The van der Waals surface area contributed by atoms with E-state index in [1.807, 2.05) is 12.1 Å². The number of benzene rings is 2. The maximum Gasteiger partial charge on any atom is 0.359 e. The number of likely N-dealkylation sites (tertiary alicyclic amines) is 1. The number of ether oxygens (including phenoxy) is 1. The van der Waals surface area contributed by atoms with Crippen LogP contribution in [0.4, 0.5) is 0 Å². The highest BCUT2D eigenvalue weighted by Crippen LogP contribution is 2.43. The normalized spacial score (nSPS) is 18.3. The minimum Gasteiger partial charge on any atom is -0.509 e. The van der Waals surface area contributed by atoms with E-state index in [9.17, 15) is 24.3 Å². The number of nitrogens with zero attached hydrogens (tertiary/aromatic N) is 1. The molecule has 1 atom stereocenters. The average molecular weight is 533 g/mol. The third-order valence-electron chi connectivity index (χ3n) is 4.86. The molecule has 2 amide bonds. The molecule has 1 unspecified atom stereocenters. The number of β-lactam (4-membered cyclic amide) rings is 1. The van der Waals surface area contributed by atoms with E-state index in [0.717, 1.165) is 4.90 Å². The molecule has 33 heavy (non-hydrogen) atoms. The van der Waals surface area contributed by atoms with E-state index in [0.29, 0.717) is 28.5 Å². The van der Waals surface area contributed by atoms with Crippen LogP contribution in [0.2, 0.25) is 0 Å². The maximum atomic E-state index is 13.4. The molecule has 0 bridgehead atoms. The predicted octanol–water partition coefficient (Wildman–Crippen LogP) is 3.43. The van der Waals surface area contributed by atoms with Gasteiger partial charge in [-0.05, 0) is 22.9 Å². The lowest BCUT2D eigenvalue weighted by Gasteiger charge is -2.50. The van der Waals surface area contributed by atoms with Gasteiger partial charge in [0.25, 0.3) is 0 Å². The molecule has 0 radical (unpaired) electrons. The van der Waals surface area contributed by atoms with Crippen molar-refractivity contribution in [1.82, 2.24) is 10.2 Å². The molecule has 0 aromatic heterocycles. The first-order chi connectivity index (χ1) is 15.8. The van der Waals surface area contributed by atoms with Gasteiger partial charge in [0.2, 0.25) is 11.8 Å². The summed E-state index contributed by atoms with van der Waals surface area (Å²) in [5.74, 6) is -2.54. The Morgan fingerprint density at radius 3 is 2.15 bits per heavy atom. The molecule has 172 valence electrons. The fourth-order valence-corrected chi connectivity index (χ4v) is 4.64. The maximum absolute atomic E-state index is 13.4.